The van der Waals surface area contributed by atoms with Crippen molar-refractivity contribution in [2.24, 2.45) is 5.92 Å². The molecule has 2 N–H and O–H groups in total. The third-order valence-electron chi connectivity index (χ3n) is 8.80. The Balaban J connectivity index is 1.25. The fourth-order valence-electron chi connectivity index (χ4n) is 6.33. The maximum absolute atomic E-state index is 14.1. The van der Waals surface area contributed by atoms with Gasteiger partial charge in [0.05, 0.1) is 11.8 Å². The summed E-state index contributed by atoms with van der Waals surface area (Å²) in [6.07, 6.45) is 4.35. The molecule has 3 atom stereocenters. The van der Waals surface area contributed by atoms with E-state index in [-0.39, 0.29) is 35.8 Å². The Morgan fingerprint density at radius 2 is 1.81 bits per heavy atom. The Kier molecular flexibility index (Phi) is 11.0. The van der Waals surface area contributed by atoms with Crippen LogP contribution in [0.5, 0.6) is 5.75 Å². The number of nitrogens with one attached hydrogen (secondary N) is 2. The molecule has 0 radical (unpaired) electrons. The number of carbonyl (C=O) groups excluding carboxylic acids is 3. The van der Waals surface area contributed by atoms with Gasteiger partial charge in [-0.3, -0.25) is 14.4 Å². The molecule has 2 aromatic carbocycles. The van der Waals surface area contributed by atoms with Crippen molar-refractivity contribution in [3.05, 3.63) is 83.6 Å². The summed E-state index contributed by atoms with van der Waals surface area (Å²) >= 11 is 0. The fourth-order valence-corrected chi connectivity index (χ4v) is 6.33. The molecule has 0 bridgehead atoms. The lowest BCUT2D eigenvalue weighted by Crippen LogP contribution is -2.59. The number of nitrogens with zero attached hydrogens (tertiary/aromatic N) is 3. The predicted octanol–water partition coefficient (Wildman–Crippen LogP) is 4.73. The summed E-state index contributed by atoms with van der Waals surface area (Å²) in [5.41, 5.74) is 1.36. The van der Waals surface area contributed by atoms with Crippen LogP contribution in [-0.4, -0.2) is 76.8 Å². The van der Waals surface area contributed by atoms with Gasteiger partial charge in [-0.15, -0.1) is 0 Å². The topological polar surface area (TPSA) is 117 Å². The van der Waals surface area contributed by atoms with Crippen molar-refractivity contribution < 1.29 is 23.5 Å². The number of ether oxygens (including phenoxy) is 1. The van der Waals surface area contributed by atoms with Crippen LogP contribution >= 0.6 is 0 Å². The van der Waals surface area contributed by atoms with Gasteiger partial charge < -0.3 is 29.6 Å². The van der Waals surface area contributed by atoms with Crippen molar-refractivity contribution in [2.45, 2.75) is 90.4 Å². The molecule has 10 nitrogen and oxygen atoms in total. The molecule has 10 heteroatoms. The van der Waals surface area contributed by atoms with Crippen LogP contribution in [0.1, 0.15) is 81.5 Å². The first kappa shape index (κ1) is 34.2. The molecule has 0 unspecified atom stereocenters. The van der Waals surface area contributed by atoms with E-state index in [9.17, 15) is 14.4 Å². The van der Waals surface area contributed by atoms with Crippen LogP contribution in [0.2, 0.25) is 0 Å². The predicted molar refractivity (Wildman–Crippen MR) is 180 cm³/mol. The number of hydrogen-bond acceptors (Lipinski definition) is 7. The summed E-state index contributed by atoms with van der Waals surface area (Å²) in [6, 6.07) is 16.1. The Morgan fingerprint density at radius 1 is 1.06 bits per heavy atom. The van der Waals surface area contributed by atoms with Gasteiger partial charge in [0, 0.05) is 37.6 Å². The van der Waals surface area contributed by atoms with Crippen LogP contribution in [0.3, 0.4) is 0 Å². The monoisotopic (exact) mass is 643 g/mol. The summed E-state index contributed by atoms with van der Waals surface area (Å²) in [5.74, 6) is 1.04. The standard InChI is InChI=1S/C37H49N5O5/c1-25(2)20-29(40-34(43)28-14-9-10-16-31(28)46-24-33-39-22-32(47-33)37(3,4)5)35(44)42-18-11-15-30(42)36(45)41-19-17-38-27(23-41)21-26-12-7-6-8-13-26/h6-10,12-14,16,22,25,27,29-30,38H,11,15,17-21,23-24H2,1-5H3,(H,40,43)/t27-,29+,30+/m0/s1. The molecule has 1 aromatic heterocycles. The second kappa shape index (κ2) is 15.2. The number of likely N-dealkylation sites (tertiary alicyclic amines) is 1. The van der Waals surface area contributed by atoms with E-state index in [1.54, 1.807) is 35.4 Å². The van der Waals surface area contributed by atoms with E-state index in [4.69, 9.17) is 9.15 Å². The fraction of sp³-hybridized carbons (Fsp3) is 0.514. The summed E-state index contributed by atoms with van der Waals surface area (Å²) < 4.78 is 11.8. The minimum Gasteiger partial charge on any atom is -0.483 e. The molecule has 2 fully saturated rings. The van der Waals surface area contributed by atoms with Crippen LogP contribution in [0.15, 0.2) is 65.2 Å². The molecule has 3 heterocycles. The SMILES string of the molecule is CC(C)C[C@@H](NC(=O)c1ccccc1OCc1ncc(C(C)(C)C)o1)C(=O)N1CCC[C@@H]1C(=O)N1CCN[C@@H](Cc2ccccc2)C1. The maximum atomic E-state index is 14.1. The number of benzene rings is 2. The zero-order chi connectivity index (χ0) is 33.6. The van der Waals surface area contributed by atoms with Crippen LogP contribution in [-0.2, 0) is 28.0 Å². The Morgan fingerprint density at radius 3 is 2.53 bits per heavy atom. The van der Waals surface area contributed by atoms with Gasteiger partial charge in [-0.25, -0.2) is 4.98 Å². The first-order valence-electron chi connectivity index (χ1n) is 16.8. The second-order valence-electron chi connectivity index (χ2n) is 14.1. The number of amides is 3. The molecular formula is C37H49N5O5. The zero-order valence-electron chi connectivity index (χ0n) is 28.3. The number of rotatable bonds is 11. The highest BCUT2D eigenvalue weighted by Crippen LogP contribution is 2.26. The van der Waals surface area contributed by atoms with Gasteiger partial charge in [0.25, 0.3) is 5.91 Å². The van der Waals surface area contributed by atoms with E-state index >= 15 is 0 Å². The van der Waals surface area contributed by atoms with E-state index in [1.165, 1.54) is 5.56 Å². The van der Waals surface area contributed by atoms with Crippen molar-refractivity contribution in [3.8, 4) is 5.75 Å². The van der Waals surface area contributed by atoms with Crippen LogP contribution in [0.4, 0.5) is 0 Å². The van der Waals surface area contributed by atoms with Crippen LogP contribution in [0, 0.1) is 5.92 Å². The van der Waals surface area contributed by atoms with Gasteiger partial charge in [0.1, 0.15) is 23.6 Å². The Labute approximate surface area is 278 Å². The van der Waals surface area contributed by atoms with Crippen molar-refractivity contribution >= 4 is 17.7 Å². The van der Waals surface area contributed by atoms with Gasteiger partial charge >= 0.3 is 0 Å². The smallest absolute Gasteiger partial charge is 0.255 e. The van der Waals surface area contributed by atoms with Gasteiger partial charge in [-0.2, -0.15) is 0 Å². The third-order valence-corrected chi connectivity index (χ3v) is 8.80. The second-order valence-corrected chi connectivity index (χ2v) is 14.1. The summed E-state index contributed by atoms with van der Waals surface area (Å²) in [4.78, 5) is 49.6. The van der Waals surface area contributed by atoms with Gasteiger partial charge in [-0.05, 0) is 49.3 Å². The molecule has 0 aliphatic carbocycles. The Bertz CT molecular complexity index is 1510. The highest BCUT2D eigenvalue weighted by molar-refractivity contribution is 6.00. The normalized spacial score (nSPS) is 19.1. The number of carbonyl (C=O) groups is 3. The van der Waals surface area contributed by atoms with Gasteiger partial charge in [0.15, 0.2) is 6.61 Å². The quantitative estimate of drug-likeness (QED) is 0.310. The number of oxazole rings is 1. The number of para-hydroxylation sites is 1. The molecule has 3 amide bonds. The maximum Gasteiger partial charge on any atom is 0.255 e. The Hall–Kier alpha value is -4.18. The molecule has 252 valence electrons. The lowest BCUT2D eigenvalue weighted by Gasteiger charge is -2.37. The molecule has 47 heavy (non-hydrogen) atoms. The lowest BCUT2D eigenvalue weighted by atomic mass is 9.94. The summed E-state index contributed by atoms with van der Waals surface area (Å²) in [5, 5.41) is 6.54. The number of piperazine rings is 1. The highest BCUT2D eigenvalue weighted by Gasteiger charge is 2.40. The average molecular weight is 644 g/mol. The van der Waals surface area contributed by atoms with E-state index in [0.717, 1.165) is 18.6 Å². The van der Waals surface area contributed by atoms with Gasteiger partial charge in [0.2, 0.25) is 17.7 Å². The van der Waals surface area contributed by atoms with Crippen molar-refractivity contribution in [3.63, 3.8) is 0 Å². The van der Waals surface area contributed by atoms with Crippen LogP contribution in [0.25, 0.3) is 0 Å². The average Bonchev–Trinajstić information content (AvgIpc) is 3.74. The molecule has 2 aliphatic heterocycles. The van der Waals surface area contributed by atoms with Crippen molar-refractivity contribution in [2.75, 3.05) is 26.2 Å². The summed E-state index contributed by atoms with van der Waals surface area (Å²) in [7, 11) is 0. The first-order chi connectivity index (χ1) is 22.5. The molecule has 0 saturated carbocycles. The van der Waals surface area contributed by atoms with Gasteiger partial charge in [-0.1, -0.05) is 77.1 Å². The van der Waals surface area contributed by atoms with E-state index in [2.05, 4.69) is 27.8 Å². The molecule has 3 aromatic rings. The minimum atomic E-state index is -0.779. The number of aromatic nitrogens is 1. The highest BCUT2D eigenvalue weighted by atomic mass is 16.5. The summed E-state index contributed by atoms with van der Waals surface area (Å²) in [6.45, 7) is 12.6. The zero-order valence-corrected chi connectivity index (χ0v) is 28.3. The molecule has 0 spiro atoms. The third kappa shape index (κ3) is 8.80. The first-order valence-corrected chi connectivity index (χ1v) is 16.8. The molecular weight excluding hydrogens is 594 g/mol. The largest absolute Gasteiger partial charge is 0.483 e. The lowest BCUT2D eigenvalue weighted by molar-refractivity contribution is -0.145. The molecule has 2 saturated heterocycles. The van der Waals surface area contributed by atoms with E-state index < -0.39 is 18.0 Å². The van der Waals surface area contributed by atoms with Crippen molar-refractivity contribution in [1.29, 1.82) is 0 Å². The number of hydrogen-bond donors (Lipinski definition) is 2. The van der Waals surface area contributed by atoms with E-state index in [0.29, 0.717) is 56.2 Å². The molecule has 2 aliphatic rings. The van der Waals surface area contributed by atoms with E-state index in [1.807, 2.05) is 57.7 Å². The van der Waals surface area contributed by atoms with Crippen molar-refractivity contribution in [1.82, 2.24) is 25.4 Å². The molecule has 5 rings (SSSR count). The van der Waals surface area contributed by atoms with Crippen LogP contribution < -0.4 is 15.4 Å². The minimum absolute atomic E-state index is 0.00932.